The molecule has 0 radical (unpaired) electrons. The zero-order valence-corrected chi connectivity index (χ0v) is 12.8. The average Bonchev–Trinajstić information content (AvgIpc) is 2.54. The van der Waals surface area contributed by atoms with Crippen molar-refractivity contribution < 1.29 is 23.1 Å². The van der Waals surface area contributed by atoms with Crippen LogP contribution in [0.4, 0.5) is 24.5 Å². The third kappa shape index (κ3) is 4.35. The first kappa shape index (κ1) is 17.6. The van der Waals surface area contributed by atoms with E-state index in [0.717, 1.165) is 0 Å². The van der Waals surface area contributed by atoms with E-state index in [4.69, 9.17) is 0 Å². The van der Waals surface area contributed by atoms with Crippen LogP contribution in [0.2, 0.25) is 0 Å². The van der Waals surface area contributed by atoms with Crippen LogP contribution in [0.25, 0.3) is 0 Å². The molecule has 0 aliphatic carbocycles. The lowest BCUT2D eigenvalue weighted by Crippen LogP contribution is -2.50. The summed E-state index contributed by atoms with van der Waals surface area (Å²) in [5.41, 5.74) is 0.690. The summed E-state index contributed by atoms with van der Waals surface area (Å²) in [6.45, 7) is 4.23. The van der Waals surface area contributed by atoms with Crippen LogP contribution in [-0.4, -0.2) is 54.5 Å². The number of halogens is 3. The second-order valence-corrected chi connectivity index (χ2v) is 5.38. The minimum Gasteiger partial charge on any atom is -0.378 e. The molecule has 0 bridgehead atoms. The Morgan fingerprint density at radius 3 is 2.43 bits per heavy atom. The Balaban J connectivity index is 2.08. The van der Waals surface area contributed by atoms with E-state index in [-0.39, 0.29) is 5.69 Å². The maximum absolute atomic E-state index is 12.4. The van der Waals surface area contributed by atoms with Gasteiger partial charge in [-0.15, -0.1) is 0 Å². The van der Waals surface area contributed by atoms with Crippen molar-refractivity contribution >= 4 is 17.3 Å². The molecule has 2 rings (SSSR count). The molecular weight excluding hydrogens is 311 g/mol. The van der Waals surface area contributed by atoms with E-state index in [1.807, 2.05) is 22.0 Å². The quantitative estimate of drug-likeness (QED) is 0.886. The molecule has 1 aromatic rings. The van der Waals surface area contributed by atoms with Crippen LogP contribution in [0.1, 0.15) is 13.3 Å². The minimum atomic E-state index is -4.92. The monoisotopic (exact) mass is 331 g/mol. The summed E-state index contributed by atoms with van der Waals surface area (Å²) in [7, 11) is 0. The van der Waals surface area contributed by atoms with Gasteiger partial charge in [0.15, 0.2) is 0 Å². The Labute approximate surface area is 132 Å². The summed E-state index contributed by atoms with van der Waals surface area (Å²) in [5.74, 6) is -1.98. The molecule has 23 heavy (non-hydrogen) atoms. The number of rotatable bonds is 4. The summed E-state index contributed by atoms with van der Waals surface area (Å²) < 4.78 is 37.3. The number of aliphatic hydroxyl groups is 1. The smallest absolute Gasteiger partial charge is 0.378 e. The van der Waals surface area contributed by atoms with Gasteiger partial charge in [-0.3, -0.25) is 9.69 Å². The van der Waals surface area contributed by atoms with E-state index in [9.17, 15) is 23.1 Å². The minimum absolute atomic E-state index is 0.138. The topological polar surface area (TPSA) is 55.8 Å². The molecule has 2 N–H and O–H groups in total. The van der Waals surface area contributed by atoms with Gasteiger partial charge in [0, 0.05) is 26.2 Å². The molecule has 1 atom stereocenters. The molecule has 0 aromatic heterocycles. The largest absolute Gasteiger partial charge is 0.471 e. The number of carbonyl (C=O) groups is 1. The molecule has 1 saturated heterocycles. The van der Waals surface area contributed by atoms with Crippen molar-refractivity contribution in [2.24, 2.45) is 0 Å². The molecule has 1 heterocycles. The van der Waals surface area contributed by atoms with E-state index in [2.05, 4.69) is 0 Å². The van der Waals surface area contributed by atoms with Crippen LogP contribution in [0.3, 0.4) is 0 Å². The fourth-order valence-electron chi connectivity index (χ4n) is 2.57. The summed E-state index contributed by atoms with van der Waals surface area (Å²) in [6, 6.07) is 6.42. The van der Waals surface area contributed by atoms with Crippen LogP contribution in [0.5, 0.6) is 0 Å². The second kappa shape index (κ2) is 7.18. The van der Waals surface area contributed by atoms with E-state index >= 15 is 0 Å². The zero-order chi connectivity index (χ0) is 17.0. The number of alkyl halides is 3. The van der Waals surface area contributed by atoms with Crippen molar-refractivity contribution in [3.8, 4) is 0 Å². The van der Waals surface area contributed by atoms with Gasteiger partial charge in [0.1, 0.15) is 6.23 Å². The molecule has 1 fully saturated rings. The number of nitrogens with zero attached hydrogens (tertiary/aromatic N) is 2. The Bertz CT molecular complexity index is 543. The van der Waals surface area contributed by atoms with Crippen molar-refractivity contribution in [2.75, 3.05) is 36.4 Å². The molecule has 1 aliphatic heterocycles. The summed E-state index contributed by atoms with van der Waals surface area (Å²) >= 11 is 0. The Kier molecular flexibility index (Phi) is 5.48. The van der Waals surface area contributed by atoms with Gasteiger partial charge in [0.2, 0.25) is 0 Å². The number of anilines is 2. The standard InChI is InChI=1S/C15H20F3N3O2/c1-2-13(22)21-9-7-20(8-10-21)12-6-4-3-5-11(12)19-14(23)15(16,17)18/h3-6,13,22H,2,7-10H2,1H3,(H,19,23). The molecule has 8 heteroatoms. The van der Waals surface area contributed by atoms with Gasteiger partial charge in [-0.05, 0) is 18.6 Å². The van der Waals surface area contributed by atoms with Crippen molar-refractivity contribution in [1.29, 1.82) is 0 Å². The average molecular weight is 331 g/mol. The number of hydrogen-bond acceptors (Lipinski definition) is 4. The fourth-order valence-corrected chi connectivity index (χ4v) is 2.57. The highest BCUT2D eigenvalue weighted by atomic mass is 19.4. The second-order valence-electron chi connectivity index (χ2n) is 5.38. The normalized spacial score (nSPS) is 17.9. The Morgan fingerprint density at radius 2 is 1.87 bits per heavy atom. The molecular formula is C15H20F3N3O2. The number of carbonyl (C=O) groups excluding carboxylic acids is 1. The number of para-hydroxylation sites is 2. The molecule has 0 spiro atoms. The number of piperazine rings is 1. The molecule has 128 valence electrons. The van der Waals surface area contributed by atoms with Crippen LogP contribution >= 0.6 is 0 Å². The first-order chi connectivity index (χ1) is 10.8. The highest BCUT2D eigenvalue weighted by Gasteiger charge is 2.39. The highest BCUT2D eigenvalue weighted by Crippen LogP contribution is 2.28. The molecule has 1 amide bonds. The fraction of sp³-hybridized carbons (Fsp3) is 0.533. The number of hydrogen-bond donors (Lipinski definition) is 2. The van der Waals surface area contributed by atoms with E-state index in [1.54, 1.807) is 18.2 Å². The highest BCUT2D eigenvalue weighted by molar-refractivity contribution is 5.97. The summed E-state index contributed by atoms with van der Waals surface area (Å²) in [4.78, 5) is 15.0. The molecule has 0 saturated carbocycles. The SMILES string of the molecule is CCC(O)N1CCN(c2ccccc2NC(=O)C(F)(F)F)CC1. The molecule has 5 nitrogen and oxygen atoms in total. The zero-order valence-electron chi connectivity index (χ0n) is 12.8. The summed E-state index contributed by atoms with van der Waals surface area (Å²) in [5, 5.41) is 11.8. The first-order valence-corrected chi connectivity index (χ1v) is 7.47. The number of benzene rings is 1. The number of aliphatic hydroxyl groups excluding tert-OH is 1. The van der Waals surface area contributed by atoms with Gasteiger partial charge in [-0.25, -0.2) is 0 Å². The lowest BCUT2D eigenvalue weighted by molar-refractivity contribution is -0.167. The molecule has 1 aliphatic rings. The Hall–Kier alpha value is -1.80. The lowest BCUT2D eigenvalue weighted by Gasteiger charge is -2.38. The van der Waals surface area contributed by atoms with Gasteiger partial charge < -0.3 is 15.3 Å². The van der Waals surface area contributed by atoms with Crippen LogP contribution in [0, 0.1) is 0 Å². The van der Waals surface area contributed by atoms with Crippen molar-refractivity contribution in [3.05, 3.63) is 24.3 Å². The predicted octanol–water partition coefficient (Wildman–Crippen LogP) is 2.04. The predicted molar refractivity (Wildman–Crippen MR) is 81.2 cm³/mol. The third-order valence-electron chi connectivity index (χ3n) is 3.85. The van der Waals surface area contributed by atoms with Crippen LogP contribution in [0.15, 0.2) is 24.3 Å². The van der Waals surface area contributed by atoms with Gasteiger partial charge >= 0.3 is 12.1 Å². The lowest BCUT2D eigenvalue weighted by atomic mass is 10.2. The molecule has 1 aromatic carbocycles. The molecule has 1 unspecified atom stereocenters. The van der Waals surface area contributed by atoms with Crippen LogP contribution in [-0.2, 0) is 4.79 Å². The van der Waals surface area contributed by atoms with E-state index in [0.29, 0.717) is 38.3 Å². The van der Waals surface area contributed by atoms with Gasteiger partial charge in [-0.2, -0.15) is 13.2 Å². The van der Waals surface area contributed by atoms with Gasteiger partial charge in [-0.1, -0.05) is 19.1 Å². The summed E-state index contributed by atoms with van der Waals surface area (Å²) in [6.07, 6.45) is -4.80. The van der Waals surface area contributed by atoms with Crippen molar-refractivity contribution in [3.63, 3.8) is 0 Å². The maximum Gasteiger partial charge on any atom is 0.471 e. The van der Waals surface area contributed by atoms with Gasteiger partial charge in [0.25, 0.3) is 0 Å². The van der Waals surface area contributed by atoms with E-state index in [1.165, 1.54) is 6.07 Å². The van der Waals surface area contributed by atoms with Gasteiger partial charge in [0.05, 0.1) is 11.4 Å². The Morgan fingerprint density at radius 1 is 1.26 bits per heavy atom. The first-order valence-electron chi connectivity index (χ1n) is 7.47. The number of nitrogens with one attached hydrogen (secondary N) is 1. The van der Waals surface area contributed by atoms with Crippen LogP contribution < -0.4 is 10.2 Å². The third-order valence-corrected chi connectivity index (χ3v) is 3.85. The van der Waals surface area contributed by atoms with Crippen molar-refractivity contribution in [1.82, 2.24) is 4.90 Å². The maximum atomic E-state index is 12.4. The number of amides is 1. The van der Waals surface area contributed by atoms with E-state index < -0.39 is 18.3 Å². The van der Waals surface area contributed by atoms with Crippen molar-refractivity contribution in [2.45, 2.75) is 25.7 Å².